The van der Waals surface area contributed by atoms with Crippen molar-refractivity contribution in [1.29, 1.82) is 0 Å². The molecule has 5 heteroatoms. The van der Waals surface area contributed by atoms with Crippen molar-refractivity contribution in [2.24, 2.45) is 11.8 Å². The van der Waals surface area contributed by atoms with Gasteiger partial charge in [0.25, 0.3) is 0 Å². The largest absolute Gasteiger partial charge is 0.380 e. The minimum Gasteiger partial charge on any atom is -0.380 e. The number of piperazine rings is 1. The van der Waals surface area contributed by atoms with Crippen LogP contribution in [0.4, 0.5) is 0 Å². The van der Waals surface area contributed by atoms with Crippen LogP contribution in [-0.2, 0) is 14.3 Å². The molecule has 0 spiro atoms. The number of hydrogen-bond donors (Lipinski definition) is 1. The zero-order chi connectivity index (χ0) is 15.6. The van der Waals surface area contributed by atoms with E-state index in [4.69, 9.17) is 4.74 Å². The Hall–Kier alpha value is -1.10. The predicted octanol–water partition coefficient (Wildman–Crippen LogP) is 1.56. The summed E-state index contributed by atoms with van der Waals surface area (Å²) in [5.41, 5.74) is -0.693. The van der Waals surface area contributed by atoms with Crippen molar-refractivity contribution in [2.45, 2.75) is 58.5 Å². The first kappa shape index (κ1) is 16.3. The summed E-state index contributed by atoms with van der Waals surface area (Å²) in [7, 11) is 0. The monoisotopic (exact) mass is 296 g/mol. The lowest BCUT2D eigenvalue weighted by atomic mass is 9.86. The molecule has 2 amide bonds. The van der Waals surface area contributed by atoms with E-state index in [0.29, 0.717) is 38.0 Å². The molecule has 1 saturated carbocycles. The van der Waals surface area contributed by atoms with E-state index in [-0.39, 0.29) is 17.9 Å². The highest BCUT2D eigenvalue weighted by molar-refractivity contribution is 6.00. The highest BCUT2D eigenvalue weighted by Crippen LogP contribution is 2.44. The standard InChI is InChI=1S/C16H28N2O3/c1-5-21-9-8-18-14(19)13(10-11(2)3)17-15(20)16(18,4)12-6-7-12/h11-13H,5-10H2,1-4H3,(H,17,20). The first-order valence-electron chi connectivity index (χ1n) is 8.11. The maximum absolute atomic E-state index is 12.8. The lowest BCUT2D eigenvalue weighted by molar-refractivity contribution is -0.159. The van der Waals surface area contributed by atoms with Gasteiger partial charge in [-0.3, -0.25) is 9.59 Å². The third kappa shape index (κ3) is 3.23. The van der Waals surface area contributed by atoms with Crippen molar-refractivity contribution in [3.63, 3.8) is 0 Å². The molecule has 1 heterocycles. The molecule has 0 aromatic heterocycles. The topological polar surface area (TPSA) is 58.6 Å². The quantitative estimate of drug-likeness (QED) is 0.725. The summed E-state index contributed by atoms with van der Waals surface area (Å²) >= 11 is 0. The molecule has 5 nitrogen and oxygen atoms in total. The van der Waals surface area contributed by atoms with Crippen LogP contribution in [0.5, 0.6) is 0 Å². The third-order valence-electron chi connectivity index (χ3n) is 4.63. The molecule has 2 atom stereocenters. The SMILES string of the molecule is CCOCCN1C(=O)C(CC(C)C)NC(=O)C1(C)C1CC1. The van der Waals surface area contributed by atoms with Gasteiger partial charge in [0.1, 0.15) is 11.6 Å². The van der Waals surface area contributed by atoms with Gasteiger partial charge in [0.2, 0.25) is 11.8 Å². The highest BCUT2D eigenvalue weighted by Gasteiger charge is 2.56. The van der Waals surface area contributed by atoms with Gasteiger partial charge in [0.15, 0.2) is 0 Å². The molecular formula is C16H28N2O3. The summed E-state index contributed by atoms with van der Waals surface area (Å²) in [5, 5.41) is 2.96. The average Bonchev–Trinajstić information content (AvgIpc) is 3.24. The molecule has 1 saturated heterocycles. The van der Waals surface area contributed by atoms with Crippen LogP contribution in [0, 0.1) is 11.8 Å². The van der Waals surface area contributed by atoms with E-state index in [2.05, 4.69) is 19.2 Å². The van der Waals surface area contributed by atoms with Crippen LogP contribution in [0.1, 0.15) is 47.0 Å². The number of carbonyl (C=O) groups excluding carboxylic acids is 2. The summed E-state index contributed by atoms with van der Waals surface area (Å²) in [6, 6.07) is -0.383. The first-order valence-corrected chi connectivity index (χ1v) is 8.11. The summed E-state index contributed by atoms with van der Waals surface area (Å²) in [6.07, 6.45) is 2.74. The number of nitrogens with one attached hydrogen (secondary N) is 1. The van der Waals surface area contributed by atoms with Gasteiger partial charge in [-0.2, -0.15) is 0 Å². The Kier molecular flexibility index (Phi) is 4.91. The summed E-state index contributed by atoms with van der Waals surface area (Å²) < 4.78 is 5.40. The van der Waals surface area contributed by atoms with Crippen molar-refractivity contribution < 1.29 is 14.3 Å². The average molecular weight is 296 g/mol. The molecule has 0 radical (unpaired) electrons. The fourth-order valence-corrected chi connectivity index (χ4v) is 3.23. The number of amides is 2. The lowest BCUT2D eigenvalue weighted by Gasteiger charge is -2.47. The Morgan fingerprint density at radius 3 is 2.57 bits per heavy atom. The predicted molar refractivity (Wildman–Crippen MR) is 80.7 cm³/mol. The zero-order valence-corrected chi connectivity index (χ0v) is 13.6. The number of nitrogens with zero attached hydrogens (tertiary/aromatic N) is 1. The molecule has 2 fully saturated rings. The molecule has 2 rings (SSSR count). The number of carbonyl (C=O) groups is 2. The van der Waals surface area contributed by atoms with E-state index in [0.717, 1.165) is 12.8 Å². The maximum Gasteiger partial charge on any atom is 0.246 e. The highest BCUT2D eigenvalue weighted by atomic mass is 16.5. The normalized spacial score (nSPS) is 30.0. The Morgan fingerprint density at radius 2 is 2.05 bits per heavy atom. The fraction of sp³-hybridized carbons (Fsp3) is 0.875. The first-order chi connectivity index (χ1) is 9.91. The van der Waals surface area contributed by atoms with Gasteiger partial charge in [-0.15, -0.1) is 0 Å². The van der Waals surface area contributed by atoms with Gasteiger partial charge < -0.3 is 15.0 Å². The van der Waals surface area contributed by atoms with Crippen LogP contribution >= 0.6 is 0 Å². The smallest absolute Gasteiger partial charge is 0.246 e. The van der Waals surface area contributed by atoms with Gasteiger partial charge >= 0.3 is 0 Å². The van der Waals surface area contributed by atoms with Crippen LogP contribution in [0.25, 0.3) is 0 Å². The maximum atomic E-state index is 12.8. The van der Waals surface area contributed by atoms with Crippen molar-refractivity contribution in [2.75, 3.05) is 19.8 Å². The van der Waals surface area contributed by atoms with E-state index in [1.807, 2.05) is 13.8 Å². The molecule has 1 aliphatic heterocycles. The van der Waals surface area contributed by atoms with Gasteiger partial charge in [-0.25, -0.2) is 0 Å². The second-order valence-corrected chi connectivity index (χ2v) is 6.76. The molecule has 0 bridgehead atoms. The minimum absolute atomic E-state index is 0.00625. The van der Waals surface area contributed by atoms with E-state index < -0.39 is 5.54 Å². The van der Waals surface area contributed by atoms with E-state index in [9.17, 15) is 9.59 Å². The number of ether oxygens (including phenoxy) is 1. The van der Waals surface area contributed by atoms with Crippen molar-refractivity contribution in [3.05, 3.63) is 0 Å². The van der Waals surface area contributed by atoms with Crippen LogP contribution in [0.3, 0.4) is 0 Å². The van der Waals surface area contributed by atoms with Gasteiger partial charge in [-0.1, -0.05) is 13.8 Å². The molecule has 1 aliphatic carbocycles. The summed E-state index contributed by atoms with van der Waals surface area (Å²) in [6.45, 7) is 9.61. The summed E-state index contributed by atoms with van der Waals surface area (Å²) in [4.78, 5) is 27.2. The second-order valence-electron chi connectivity index (χ2n) is 6.76. The molecular weight excluding hydrogens is 268 g/mol. The molecule has 0 aromatic rings. The van der Waals surface area contributed by atoms with Crippen LogP contribution in [0.15, 0.2) is 0 Å². The minimum atomic E-state index is -0.693. The van der Waals surface area contributed by atoms with E-state index >= 15 is 0 Å². The zero-order valence-electron chi connectivity index (χ0n) is 13.6. The van der Waals surface area contributed by atoms with Crippen LogP contribution < -0.4 is 5.32 Å². The summed E-state index contributed by atoms with van der Waals surface area (Å²) in [5.74, 6) is 0.727. The van der Waals surface area contributed by atoms with E-state index in [1.165, 1.54) is 0 Å². The van der Waals surface area contributed by atoms with Gasteiger partial charge in [-0.05, 0) is 44.9 Å². The van der Waals surface area contributed by atoms with Crippen LogP contribution in [-0.4, -0.2) is 48.1 Å². The van der Waals surface area contributed by atoms with Crippen LogP contribution in [0.2, 0.25) is 0 Å². The fourth-order valence-electron chi connectivity index (χ4n) is 3.23. The molecule has 0 aromatic carbocycles. The molecule has 21 heavy (non-hydrogen) atoms. The second kappa shape index (κ2) is 6.34. The van der Waals surface area contributed by atoms with E-state index in [1.54, 1.807) is 4.90 Å². The Morgan fingerprint density at radius 1 is 1.38 bits per heavy atom. The van der Waals surface area contributed by atoms with Crippen molar-refractivity contribution in [3.8, 4) is 0 Å². The molecule has 2 unspecified atom stereocenters. The third-order valence-corrected chi connectivity index (χ3v) is 4.63. The van der Waals surface area contributed by atoms with Gasteiger partial charge in [0.05, 0.1) is 6.61 Å². The Bertz CT molecular complexity index is 406. The molecule has 2 aliphatic rings. The Labute approximate surface area is 127 Å². The Balaban J connectivity index is 2.17. The lowest BCUT2D eigenvalue weighted by Crippen LogP contribution is -2.71. The van der Waals surface area contributed by atoms with Crippen molar-refractivity contribution >= 4 is 11.8 Å². The number of rotatable bonds is 7. The molecule has 1 N–H and O–H groups in total. The van der Waals surface area contributed by atoms with Gasteiger partial charge in [0, 0.05) is 13.2 Å². The van der Waals surface area contributed by atoms with Crippen molar-refractivity contribution in [1.82, 2.24) is 10.2 Å². The number of hydrogen-bond acceptors (Lipinski definition) is 3. The molecule has 120 valence electrons.